The molecule has 1 amide bonds. The first-order chi connectivity index (χ1) is 10.0. The highest BCUT2D eigenvalue weighted by Gasteiger charge is 2.17. The molecule has 0 saturated carbocycles. The largest absolute Gasteiger partial charge is 0.319 e. The SMILES string of the molecule is Cn1cc(NC(=O)c2cc3n(n2)CCCC3)cc(Cl)c1=O. The molecule has 0 bridgehead atoms. The van der Waals surface area contributed by atoms with Gasteiger partial charge in [-0.05, 0) is 31.4 Å². The van der Waals surface area contributed by atoms with Crippen molar-refractivity contribution in [2.24, 2.45) is 7.05 Å². The van der Waals surface area contributed by atoms with Crippen LogP contribution in [-0.4, -0.2) is 20.3 Å². The Kier molecular flexibility index (Phi) is 3.55. The third-order valence-electron chi connectivity index (χ3n) is 3.55. The Bertz CT molecular complexity index is 713. The van der Waals surface area contributed by atoms with Crippen molar-refractivity contribution in [1.82, 2.24) is 14.3 Å². The number of rotatable bonds is 2. The van der Waals surface area contributed by atoms with Crippen LogP contribution in [-0.2, 0) is 20.0 Å². The van der Waals surface area contributed by atoms with Gasteiger partial charge in [-0.25, -0.2) is 0 Å². The van der Waals surface area contributed by atoms with Crippen LogP contribution >= 0.6 is 11.6 Å². The molecular weight excluding hydrogens is 292 g/mol. The molecule has 0 spiro atoms. The van der Waals surface area contributed by atoms with E-state index < -0.39 is 0 Å². The number of fused-ring (bicyclic) bond motifs is 1. The number of amides is 1. The fourth-order valence-corrected chi connectivity index (χ4v) is 2.71. The lowest BCUT2D eigenvalue weighted by Crippen LogP contribution is -2.19. The third kappa shape index (κ3) is 2.71. The van der Waals surface area contributed by atoms with Gasteiger partial charge in [0, 0.05) is 25.5 Å². The van der Waals surface area contributed by atoms with E-state index in [0.717, 1.165) is 31.5 Å². The van der Waals surface area contributed by atoms with Crippen LogP contribution in [0.5, 0.6) is 0 Å². The maximum Gasteiger partial charge on any atom is 0.276 e. The lowest BCUT2D eigenvalue weighted by atomic mass is 10.1. The number of carbonyl (C=O) groups excluding carboxylic acids is 1. The zero-order chi connectivity index (χ0) is 15.0. The molecule has 110 valence electrons. The molecule has 21 heavy (non-hydrogen) atoms. The Morgan fingerprint density at radius 2 is 2.19 bits per heavy atom. The molecule has 0 unspecified atom stereocenters. The van der Waals surface area contributed by atoms with Crippen molar-refractivity contribution < 1.29 is 4.79 Å². The minimum Gasteiger partial charge on any atom is -0.319 e. The molecule has 1 N–H and O–H groups in total. The Labute approximate surface area is 126 Å². The van der Waals surface area contributed by atoms with Gasteiger partial charge in [0.15, 0.2) is 5.69 Å². The zero-order valence-corrected chi connectivity index (χ0v) is 12.4. The summed E-state index contributed by atoms with van der Waals surface area (Å²) >= 11 is 5.83. The Balaban J connectivity index is 1.83. The van der Waals surface area contributed by atoms with Gasteiger partial charge in [-0.2, -0.15) is 5.10 Å². The number of anilines is 1. The quantitative estimate of drug-likeness (QED) is 0.920. The zero-order valence-electron chi connectivity index (χ0n) is 11.6. The molecule has 3 heterocycles. The molecule has 7 heteroatoms. The Morgan fingerprint density at radius 3 is 2.90 bits per heavy atom. The molecule has 0 saturated heterocycles. The van der Waals surface area contributed by atoms with Crippen LogP contribution in [0, 0.1) is 0 Å². The number of aromatic nitrogens is 3. The summed E-state index contributed by atoms with van der Waals surface area (Å²) in [5.74, 6) is -0.299. The van der Waals surface area contributed by atoms with Gasteiger partial charge in [-0.1, -0.05) is 11.6 Å². The predicted octanol–water partition coefficient (Wildman–Crippen LogP) is 1.82. The van der Waals surface area contributed by atoms with E-state index in [0.29, 0.717) is 11.4 Å². The molecular formula is C14H15ClN4O2. The number of aryl methyl sites for hydroxylation is 3. The minimum atomic E-state index is -0.299. The average molecular weight is 307 g/mol. The highest BCUT2D eigenvalue weighted by molar-refractivity contribution is 6.30. The standard InChI is InChI=1S/C14H15ClN4O2/c1-18-8-9(6-11(15)14(18)21)16-13(20)12-7-10-4-2-3-5-19(10)17-12/h6-8H,2-5H2,1H3,(H,16,20). The molecule has 2 aromatic heterocycles. The van der Waals surface area contributed by atoms with Crippen molar-refractivity contribution in [3.8, 4) is 0 Å². The normalized spacial score (nSPS) is 13.8. The van der Waals surface area contributed by atoms with E-state index in [1.165, 1.54) is 16.8 Å². The first kappa shape index (κ1) is 13.9. The number of pyridine rings is 1. The van der Waals surface area contributed by atoms with Gasteiger partial charge in [0.1, 0.15) is 5.02 Å². The van der Waals surface area contributed by atoms with Gasteiger partial charge < -0.3 is 9.88 Å². The molecule has 0 radical (unpaired) electrons. The van der Waals surface area contributed by atoms with E-state index in [1.54, 1.807) is 7.05 Å². The maximum atomic E-state index is 12.2. The van der Waals surface area contributed by atoms with Gasteiger partial charge >= 0.3 is 0 Å². The van der Waals surface area contributed by atoms with Crippen molar-refractivity contribution in [3.63, 3.8) is 0 Å². The van der Waals surface area contributed by atoms with Gasteiger partial charge in [0.25, 0.3) is 11.5 Å². The Hall–Kier alpha value is -2.08. The molecule has 3 rings (SSSR count). The van der Waals surface area contributed by atoms with Crippen LogP contribution in [0.3, 0.4) is 0 Å². The fourth-order valence-electron chi connectivity index (χ4n) is 2.46. The monoisotopic (exact) mass is 306 g/mol. The highest BCUT2D eigenvalue weighted by Crippen LogP contribution is 2.17. The van der Waals surface area contributed by atoms with Crippen molar-refractivity contribution in [3.05, 3.63) is 45.1 Å². The summed E-state index contributed by atoms with van der Waals surface area (Å²) in [6.45, 7) is 0.855. The van der Waals surface area contributed by atoms with Crippen LogP contribution < -0.4 is 10.9 Å². The fraction of sp³-hybridized carbons (Fsp3) is 0.357. The summed E-state index contributed by atoms with van der Waals surface area (Å²) in [5.41, 5.74) is 1.65. The van der Waals surface area contributed by atoms with E-state index in [4.69, 9.17) is 11.6 Å². The molecule has 0 atom stereocenters. The number of nitrogens with one attached hydrogen (secondary N) is 1. The van der Waals surface area contributed by atoms with Gasteiger partial charge in [-0.15, -0.1) is 0 Å². The van der Waals surface area contributed by atoms with Crippen LogP contribution in [0.25, 0.3) is 0 Å². The summed E-state index contributed by atoms with van der Waals surface area (Å²) in [4.78, 5) is 23.7. The second-order valence-electron chi connectivity index (χ2n) is 5.15. The number of hydrogen-bond acceptors (Lipinski definition) is 3. The second kappa shape index (κ2) is 5.37. The number of nitrogens with zero attached hydrogens (tertiary/aromatic N) is 3. The number of halogens is 1. The van der Waals surface area contributed by atoms with Crippen LogP contribution in [0.1, 0.15) is 29.0 Å². The van der Waals surface area contributed by atoms with Gasteiger partial charge in [-0.3, -0.25) is 14.3 Å². The molecule has 1 aliphatic heterocycles. The van der Waals surface area contributed by atoms with E-state index in [2.05, 4.69) is 10.4 Å². The van der Waals surface area contributed by atoms with E-state index in [-0.39, 0.29) is 16.5 Å². The molecule has 0 aliphatic carbocycles. The first-order valence-corrected chi connectivity index (χ1v) is 7.16. The van der Waals surface area contributed by atoms with E-state index in [9.17, 15) is 9.59 Å². The predicted molar refractivity (Wildman–Crippen MR) is 79.8 cm³/mol. The topological polar surface area (TPSA) is 68.9 Å². The molecule has 0 aromatic carbocycles. The molecule has 2 aromatic rings. The summed E-state index contributed by atoms with van der Waals surface area (Å²) in [6.07, 6.45) is 4.70. The van der Waals surface area contributed by atoms with Crippen LogP contribution in [0.15, 0.2) is 23.1 Å². The van der Waals surface area contributed by atoms with Crippen molar-refractivity contribution in [2.75, 3.05) is 5.32 Å². The summed E-state index contributed by atoms with van der Waals surface area (Å²) < 4.78 is 3.21. The minimum absolute atomic E-state index is 0.0689. The van der Waals surface area contributed by atoms with Crippen LogP contribution in [0.2, 0.25) is 5.02 Å². The second-order valence-corrected chi connectivity index (χ2v) is 5.56. The average Bonchev–Trinajstić information content (AvgIpc) is 2.88. The maximum absolute atomic E-state index is 12.2. The lowest BCUT2D eigenvalue weighted by Gasteiger charge is -2.11. The molecule has 0 fully saturated rings. The first-order valence-electron chi connectivity index (χ1n) is 6.79. The number of carbonyl (C=O) groups is 1. The summed E-state index contributed by atoms with van der Waals surface area (Å²) in [6, 6.07) is 3.26. The molecule has 1 aliphatic rings. The van der Waals surface area contributed by atoms with Crippen molar-refractivity contribution in [1.29, 1.82) is 0 Å². The van der Waals surface area contributed by atoms with Gasteiger partial charge in [0.2, 0.25) is 0 Å². The highest BCUT2D eigenvalue weighted by atomic mass is 35.5. The number of hydrogen-bond donors (Lipinski definition) is 1. The smallest absolute Gasteiger partial charge is 0.276 e. The van der Waals surface area contributed by atoms with Crippen molar-refractivity contribution in [2.45, 2.75) is 25.8 Å². The summed E-state index contributed by atoms with van der Waals surface area (Å²) in [5, 5.41) is 7.10. The lowest BCUT2D eigenvalue weighted by molar-refractivity contribution is 0.102. The summed E-state index contributed by atoms with van der Waals surface area (Å²) in [7, 11) is 1.58. The van der Waals surface area contributed by atoms with Gasteiger partial charge in [0.05, 0.1) is 5.69 Å². The van der Waals surface area contributed by atoms with Crippen LogP contribution in [0.4, 0.5) is 5.69 Å². The third-order valence-corrected chi connectivity index (χ3v) is 3.82. The van der Waals surface area contributed by atoms with Crippen molar-refractivity contribution >= 4 is 23.2 Å². The Morgan fingerprint density at radius 1 is 1.38 bits per heavy atom. The van der Waals surface area contributed by atoms with E-state index in [1.807, 2.05) is 10.7 Å². The molecule has 6 nitrogen and oxygen atoms in total. The van der Waals surface area contributed by atoms with E-state index >= 15 is 0 Å².